The summed E-state index contributed by atoms with van der Waals surface area (Å²) in [5.41, 5.74) is 33.3. The third-order valence-electron chi connectivity index (χ3n) is 25.4. The highest BCUT2D eigenvalue weighted by Crippen LogP contribution is 2.58. The van der Waals surface area contributed by atoms with Crippen LogP contribution in [0.5, 0.6) is 0 Å². The highest BCUT2D eigenvalue weighted by Gasteiger charge is 2.41. The summed E-state index contributed by atoms with van der Waals surface area (Å²) < 4.78 is 6.43. The lowest BCUT2D eigenvalue weighted by Gasteiger charge is -2.23. The summed E-state index contributed by atoms with van der Waals surface area (Å²) in [4.78, 5) is 0. The van der Waals surface area contributed by atoms with Gasteiger partial charge in [0.2, 0.25) is 0 Å². The lowest BCUT2D eigenvalue weighted by Crippen LogP contribution is -2.15. The Morgan fingerprint density at radius 3 is 0.991 bits per heavy atom. The molecule has 3 aliphatic rings. The molecule has 3 aliphatic carbocycles. The molecule has 110 heavy (non-hydrogen) atoms. The maximum Gasteiger partial charge on any atom is 0.136 e. The van der Waals surface area contributed by atoms with E-state index in [4.69, 9.17) is 4.42 Å². The molecule has 1 aromatic heterocycles. The first kappa shape index (κ1) is 64.0. The Hall–Kier alpha value is -13.2. The molecule has 19 aromatic carbocycles. The van der Waals surface area contributed by atoms with E-state index >= 15 is 0 Å². The molecular weight excluding hydrogens is 1330 g/mol. The summed E-state index contributed by atoms with van der Waals surface area (Å²) in [7, 11) is 0. The first-order chi connectivity index (χ1) is 53.9. The predicted molar refractivity (Wildman–Crippen MR) is 468 cm³/mol. The minimum atomic E-state index is -0.111. The van der Waals surface area contributed by atoms with Gasteiger partial charge in [-0.3, -0.25) is 0 Å². The fourth-order valence-corrected chi connectivity index (χ4v) is 20.5. The Morgan fingerprint density at radius 2 is 0.509 bits per heavy atom. The van der Waals surface area contributed by atoms with Gasteiger partial charge in [-0.05, 0) is 245 Å². The van der Waals surface area contributed by atoms with Crippen molar-refractivity contribution in [3.05, 3.63) is 385 Å². The molecule has 0 bridgehead atoms. The highest BCUT2D eigenvalue weighted by molar-refractivity contribution is 6.25. The predicted octanol–water partition coefficient (Wildman–Crippen LogP) is 30.3. The van der Waals surface area contributed by atoms with Crippen molar-refractivity contribution in [1.29, 1.82) is 0 Å². The Labute approximate surface area is 640 Å². The fraction of sp³-hybridized carbons (Fsp3) is 0.0826. The van der Waals surface area contributed by atoms with Gasteiger partial charge in [0.05, 0.1) is 0 Å². The zero-order valence-electron chi connectivity index (χ0n) is 62.4. The maximum absolute atomic E-state index is 6.43. The van der Waals surface area contributed by atoms with Crippen molar-refractivity contribution in [3.8, 4) is 100 Å². The molecule has 0 fully saturated rings. The second kappa shape index (κ2) is 23.9. The van der Waals surface area contributed by atoms with Crippen LogP contribution in [0, 0.1) is 0 Å². The molecule has 20 aromatic rings. The van der Waals surface area contributed by atoms with Crippen LogP contribution in [0.1, 0.15) is 74.9 Å². The standard InChI is InChI=1S/C55H36O.C54H40/c1-55(2)47-24-12-23-39(52(47)45-28-25-34-14-4-6-18-40(34)54(45)55)35-15-11-16-36(31-35)50-41-19-7-9-21-43(41)51(44-22-10-8-20-42(44)50)37-27-29-48-46(32-37)53-38-17-5-3-13-33(38)26-30-49(53)56-48;1-53(2)46-25-12-11-19-39(46)40-29-28-36(32-48(40)53)50-43-22-9-7-20-41(43)49(42-21-8-10-23-44(42)50)35-17-13-16-34(31-35)37-24-14-26-47-51(37)45-30-27-33-15-5-6-18-38(33)52(45)54(47,3)4/h3-32H,1-2H3;5-32H,1-4H3. The topological polar surface area (TPSA) is 13.1 Å². The van der Waals surface area contributed by atoms with Crippen LogP contribution >= 0.6 is 0 Å². The number of fused-ring (bicyclic) bond motifs is 22. The molecule has 518 valence electrons. The molecule has 0 unspecified atom stereocenters. The van der Waals surface area contributed by atoms with E-state index in [-0.39, 0.29) is 16.2 Å². The molecule has 0 aliphatic heterocycles. The van der Waals surface area contributed by atoms with Gasteiger partial charge in [-0.2, -0.15) is 0 Å². The van der Waals surface area contributed by atoms with Gasteiger partial charge in [0.25, 0.3) is 0 Å². The van der Waals surface area contributed by atoms with Gasteiger partial charge in [0.1, 0.15) is 11.2 Å². The first-order valence-electron chi connectivity index (χ1n) is 38.9. The number of furan rings is 1. The van der Waals surface area contributed by atoms with Gasteiger partial charge in [0, 0.05) is 27.0 Å². The number of hydrogen-bond acceptors (Lipinski definition) is 1. The van der Waals surface area contributed by atoms with Crippen molar-refractivity contribution in [2.45, 2.75) is 57.8 Å². The van der Waals surface area contributed by atoms with E-state index in [0.29, 0.717) is 0 Å². The first-order valence-corrected chi connectivity index (χ1v) is 38.9. The normalized spacial score (nSPS) is 13.9. The molecule has 0 atom stereocenters. The molecular formula is C109H76O. The quantitative estimate of drug-likeness (QED) is 0.151. The molecule has 0 radical (unpaired) electrons. The molecule has 0 spiro atoms. The Balaban J connectivity index is 0.000000136. The summed E-state index contributed by atoms with van der Waals surface area (Å²) in [6, 6.07) is 131. The van der Waals surface area contributed by atoms with E-state index in [0.717, 1.165) is 16.6 Å². The number of hydrogen-bond donors (Lipinski definition) is 0. The van der Waals surface area contributed by atoms with Crippen LogP contribution in [0.15, 0.2) is 356 Å². The van der Waals surface area contributed by atoms with Crippen molar-refractivity contribution < 1.29 is 4.42 Å². The second-order valence-electron chi connectivity index (χ2n) is 32.4. The van der Waals surface area contributed by atoms with Crippen molar-refractivity contribution in [2.24, 2.45) is 0 Å². The Bertz CT molecular complexity index is 7260. The van der Waals surface area contributed by atoms with Crippen LogP contribution in [-0.4, -0.2) is 0 Å². The summed E-state index contributed by atoms with van der Waals surface area (Å²) in [5.74, 6) is 0. The number of rotatable bonds is 6. The molecule has 1 heteroatoms. The van der Waals surface area contributed by atoms with Crippen LogP contribution in [0.3, 0.4) is 0 Å². The zero-order valence-corrected chi connectivity index (χ0v) is 62.4. The second-order valence-corrected chi connectivity index (χ2v) is 32.4. The van der Waals surface area contributed by atoms with Gasteiger partial charge in [0.15, 0.2) is 0 Å². The van der Waals surface area contributed by atoms with Crippen LogP contribution in [-0.2, 0) is 16.2 Å². The van der Waals surface area contributed by atoms with E-state index in [2.05, 4.69) is 393 Å². The molecule has 0 saturated carbocycles. The maximum atomic E-state index is 6.43. The van der Waals surface area contributed by atoms with Crippen molar-refractivity contribution in [3.63, 3.8) is 0 Å². The average molecular weight is 1400 g/mol. The van der Waals surface area contributed by atoms with Crippen molar-refractivity contribution >= 4 is 97.3 Å². The molecule has 0 amide bonds. The van der Waals surface area contributed by atoms with E-state index < -0.39 is 0 Å². The van der Waals surface area contributed by atoms with Gasteiger partial charge < -0.3 is 4.42 Å². The Morgan fingerprint density at radius 1 is 0.182 bits per heavy atom. The van der Waals surface area contributed by atoms with Crippen LogP contribution in [0.2, 0.25) is 0 Å². The minimum absolute atomic E-state index is 0.0611. The van der Waals surface area contributed by atoms with E-state index in [9.17, 15) is 0 Å². The molecule has 23 rings (SSSR count). The van der Waals surface area contributed by atoms with E-state index in [1.807, 2.05) is 0 Å². The average Bonchev–Trinajstić information content (AvgIpc) is 1.61. The lowest BCUT2D eigenvalue weighted by molar-refractivity contribution is 0.660. The Kier molecular flexibility index (Phi) is 13.9. The SMILES string of the molecule is CC1(C)c2cccc(-c3cccc(-c4c5ccccc5c(-c5ccc6oc7ccc8ccccc8c7c6c5)c5ccccc45)c3)c2-c2ccc3ccccc3c21.CC1(C)c2ccccc2-c2ccc(-c3c4ccccc4c(-c4cccc(-c5cccc6c5-c5ccc7ccccc7c5C6(C)C)c4)c4ccccc34)cc21. The molecule has 1 heterocycles. The number of benzene rings is 19. The minimum Gasteiger partial charge on any atom is -0.456 e. The van der Waals surface area contributed by atoms with Crippen LogP contribution < -0.4 is 0 Å². The molecule has 0 N–H and O–H groups in total. The molecule has 0 saturated heterocycles. The lowest BCUT2D eigenvalue weighted by atomic mass is 9.80. The van der Waals surface area contributed by atoms with Crippen molar-refractivity contribution in [1.82, 2.24) is 0 Å². The van der Waals surface area contributed by atoms with Gasteiger partial charge in [-0.1, -0.05) is 357 Å². The van der Waals surface area contributed by atoms with Crippen molar-refractivity contribution in [2.75, 3.05) is 0 Å². The largest absolute Gasteiger partial charge is 0.456 e. The summed E-state index contributed by atoms with van der Waals surface area (Å²) in [6.07, 6.45) is 0. The van der Waals surface area contributed by atoms with Crippen LogP contribution in [0.25, 0.3) is 197 Å². The van der Waals surface area contributed by atoms with Gasteiger partial charge in [-0.25, -0.2) is 0 Å². The van der Waals surface area contributed by atoms with Gasteiger partial charge >= 0.3 is 0 Å². The summed E-state index contributed by atoms with van der Waals surface area (Å²) >= 11 is 0. The smallest absolute Gasteiger partial charge is 0.136 e. The third-order valence-corrected chi connectivity index (χ3v) is 25.4. The summed E-state index contributed by atoms with van der Waals surface area (Å²) in [6.45, 7) is 14.3. The van der Waals surface area contributed by atoms with E-state index in [1.165, 1.54) is 214 Å². The monoisotopic (exact) mass is 1400 g/mol. The van der Waals surface area contributed by atoms with E-state index in [1.54, 1.807) is 0 Å². The fourth-order valence-electron chi connectivity index (χ4n) is 20.5. The third kappa shape index (κ3) is 9.28. The summed E-state index contributed by atoms with van der Waals surface area (Å²) in [5, 5.41) is 20.2. The highest BCUT2D eigenvalue weighted by atomic mass is 16.3. The van der Waals surface area contributed by atoms with Gasteiger partial charge in [-0.15, -0.1) is 0 Å². The van der Waals surface area contributed by atoms with Crippen LogP contribution in [0.4, 0.5) is 0 Å². The zero-order chi connectivity index (χ0) is 73.5. The molecule has 1 nitrogen and oxygen atoms in total.